The van der Waals surface area contributed by atoms with Gasteiger partial charge in [-0.25, -0.2) is 9.98 Å². The lowest BCUT2D eigenvalue weighted by atomic mass is 9.98. The fourth-order valence-corrected chi connectivity index (χ4v) is 3.73. The van der Waals surface area contributed by atoms with Crippen molar-refractivity contribution in [2.45, 2.75) is 65.5 Å². The SMILES string of the molecule is CCNC(=NCc1csc(CC)n1)NCC(C)(C)N1CCCCC1. The van der Waals surface area contributed by atoms with Gasteiger partial charge in [0.25, 0.3) is 0 Å². The number of hydrogen-bond acceptors (Lipinski definition) is 4. The maximum atomic E-state index is 4.70. The number of thiazole rings is 1. The standard InChI is InChI=1S/C18H33N5S/c1-5-16-22-15(13-24-16)12-20-17(19-6-2)21-14-18(3,4)23-10-8-7-9-11-23/h13H,5-12,14H2,1-4H3,(H2,19,20,21). The van der Waals surface area contributed by atoms with E-state index in [2.05, 4.69) is 53.6 Å². The van der Waals surface area contributed by atoms with E-state index >= 15 is 0 Å². The van der Waals surface area contributed by atoms with E-state index in [4.69, 9.17) is 4.99 Å². The van der Waals surface area contributed by atoms with Gasteiger partial charge in [-0.15, -0.1) is 11.3 Å². The molecule has 2 rings (SSSR count). The van der Waals surface area contributed by atoms with Crippen molar-refractivity contribution in [3.05, 3.63) is 16.1 Å². The summed E-state index contributed by atoms with van der Waals surface area (Å²) in [5.41, 5.74) is 1.21. The second-order valence-corrected chi connectivity index (χ2v) is 7.94. The van der Waals surface area contributed by atoms with E-state index in [9.17, 15) is 0 Å². The number of hydrogen-bond donors (Lipinski definition) is 2. The summed E-state index contributed by atoms with van der Waals surface area (Å²) in [5.74, 6) is 0.883. The Hall–Kier alpha value is -1.14. The lowest BCUT2D eigenvalue weighted by Crippen LogP contribution is -2.54. The molecule has 5 nitrogen and oxygen atoms in total. The van der Waals surface area contributed by atoms with E-state index < -0.39 is 0 Å². The molecule has 1 aromatic heterocycles. The second-order valence-electron chi connectivity index (χ2n) is 6.99. The van der Waals surface area contributed by atoms with Crippen molar-refractivity contribution in [1.82, 2.24) is 20.5 Å². The van der Waals surface area contributed by atoms with Crippen LogP contribution in [0.25, 0.3) is 0 Å². The molecule has 24 heavy (non-hydrogen) atoms. The number of piperidine rings is 1. The van der Waals surface area contributed by atoms with Crippen LogP contribution in [0.2, 0.25) is 0 Å². The van der Waals surface area contributed by atoms with E-state index in [1.54, 1.807) is 11.3 Å². The number of nitrogens with zero attached hydrogens (tertiary/aromatic N) is 3. The smallest absolute Gasteiger partial charge is 0.191 e. The molecule has 1 aliphatic heterocycles. The molecule has 1 aromatic rings. The number of guanidine groups is 1. The first-order valence-electron chi connectivity index (χ1n) is 9.25. The minimum atomic E-state index is 0.145. The van der Waals surface area contributed by atoms with E-state index in [0.29, 0.717) is 6.54 Å². The molecule has 0 radical (unpaired) electrons. The highest BCUT2D eigenvalue weighted by Crippen LogP contribution is 2.19. The molecular formula is C18H33N5S. The Morgan fingerprint density at radius 1 is 1.25 bits per heavy atom. The zero-order chi connectivity index (χ0) is 17.4. The number of nitrogens with one attached hydrogen (secondary N) is 2. The fraction of sp³-hybridized carbons (Fsp3) is 0.778. The first-order valence-corrected chi connectivity index (χ1v) is 10.1. The molecule has 2 N–H and O–H groups in total. The van der Waals surface area contributed by atoms with E-state index in [0.717, 1.165) is 31.2 Å². The van der Waals surface area contributed by atoms with Crippen LogP contribution in [0.3, 0.4) is 0 Å². The molecule has 0 bridgehead atoms. The Morgan fingerprint density at radius 2 is 2.00 bits per heavy atom. The lowest BCUT2D eigenvalue weighted by Gasteiger charge is -2.41. The largest absolute Gasteiger partial charge is 0.357 e. The van der Waals surface area contributed by atoms with Gasteiger partial charge in [-0.1, -0.05) is 13.3 Å². The van der Waals surface area contributed by atoms with E-state index in [-0.39, 0.29) is 5.54 Å². The van der Waals surface area contributed by atoms with Crippen molar-refractivity contribution >= 4 is 17.3 Å². The van der Waals surface area contributed by atoms with Gasteiger partial charge in [-0.05, 0) is 53.1 Å². The van der Waals surface area contributed by atoms with Crippen molar-refractivity contribution in [3.8, 4) is 0 Å². The van der Waals surface area contributed by atoms with Crippen molar-refractivity contribution < 1.29 is 0 Å². The van der Waals surface area contributed by atoms with Gasteiger partial charge in [0.2, 0.25) is 0 Å². The Balaban J connectivity index is 1.90. The monoisotopic (exact) mass is 351 g/mol. The molecule has 1 fully saturated rings. The van der Waals surface area contributed by atoms with Crippen LogP contribution in [0.15, 0.2) is 10.4 Å². The normalized spacial score (nSPS) is 17.1. The third-order valence-corrected chi connectivity index (χ3v) is 5.59. The van der Waals surface area contributed by atoms with E-state index in [1.165, 1.54) is 37.4 Å². The summed E-state index contributed by atoms with van der Waals surface area (Å²) in [6.07, 6.45) is 5.01. The summed E-state index contributed by atoms with van der Waals surface area (Å²) in [7, 11) is 0. The van der Waals surface area contributed by atoms with Gasteiger partial charge in [-0.2, -0.15) is 0 Å². The maximum absolute atomic E-state index is 4.70. The molecule has 6 heteroatoms. The van der Waals surface area contributed by atoms with Crippen LogP contribution in [-0.4, -0.2) is 47.6 Å². The number of likely N-dealkylation sites (tertiary alicyclic amines) is 1. The molecule has 136 valence electrons. The van der Waals surface area contributed by atoms with Gasteiger partial charge in [0, 0.05) is 24.0 Å². The van der Waals surface area contributed by atoms with Crippen molar-refractivity contribution in [2.24, 2.45) is 4.99 Å². The molecule has 1 saturated heterocycles. The Bertz CT molecular complexity index is 517. The maximum Gasteiger partial charge on any atom is 0.191 e. The molecule has 1 aliphatic rings. The minimum Gasteiger partial charge on any atom is -0.357 e. The van der Waals surface area contributed by atoms with Crippen LogP contribution >= 0.6 is 11.3 Å². The Morgan fingerprint density at radius 3 is 2.62 bits per heavy atom. The molecule has 0 atom stereocenters. The number of aromatic nitrogens is 1. The predicted octanol–water partition coefficient (Wildman–Crippen LogP) is 3.03. The minimum absolute atomic E-state index is 0.145. The van der Waals surface area contributed by atoms with E-state index in [1.807, 2.05) is 0 Å². The van der Waals surface area contributed by atoms with Gasteiger partial charge in [-0.3, -0.25) is 4.90 Å². The zero-order valence-corrected chi connectivity index (χ0v) is 16.5. The zero-order valence-electron chi connectivity index (χ0n) is 15.7. The summed E-state index contributed by atoms with van der Waals surface area (Å²) in [4.78, 5) is 11.9. The molecule has 0 aliphatic carbocycles. The molecular weight excluding hydrogens is 318 g/mol. The predicted molar refractivity (Wildman–Crippen MR) is 104 cm³/mol. The molecule has 0 aromatic carbocycles. The average molecular weight is 352 g/mol. The van der Waals surface area contributed by atoms with Crippen LogP contribution in [0, 0.1) is 0 Å². The highest BCUT2D eigenvalue weighted by molar-refractivity contribution is 7.09. The number of aryl methyl sites for hydroxylation is 1. The molecule has 0 amide bonds. The quantitative estimate of drug-likeness (QED) is 0.586. The molecule has 0 saturated carbocycles. The second kappa shape index (κ2) is 9.37. The van der Waals surface area contributed by atoms with Crippen LogP contribution in [0.5, 0.6) is 0 Å². The van der Waals surface area contributed by atoms with Crippen molar-refractivity contribution in [2.75, 3.05) is 26.2 Å². The van der Waals surface area contributed by atoms with Gasteiger partial charge in [0.1, 0.15) is 0 Å². The highest BCUT2D eigenvalue weighted by atomic mass is 32.1. The fourth-order valence-electron chi connectivity index (χ4n) is 3.00. The summed E-state index contributed by atoms with van der Waals surface area (Å²) >= 11 is 1.72. The topological polar surface area (TPSA) is 52.6 Å². The average Bonchev–Trinajstić information content (AvgIpc) is 3.06. The van der Waals surface area contributed by atoms with Crippen LogP contribution in [-0.2, 0) is 13.0 Å². The first-order chi connectivity index (χ1) is 11.5. The van der Waals surface area contributed by atoms with Crippen LogP contribution in [0.4, 0.5) is 0 Å². The van der Waals surface area contributed by atoms with Gasteiger partial charge < -0.3 is 10.6 Å². The van der Waals surface area contributed by atoms with Gasteiger partial charge in [0.15, 0.2) is 5.96 Å². The van der Waals surface area contributed by atoms with Crippen molar-refractivity contribution in [3.63, 3.8) is 0 Å². The summed E-state index contributed by atoms with van der Waals surface area (Å²) in [5, 5.41) is 10.2. The van der Waals surface area contributed by atoms with Crippen LogP contribution in [0.1, 0.15) is 57.7 Å². The Labute approximate surface area is 151 Å². The van der Waals surface area contributed by atoms with Crippen LogP contribution < -0.4 is 10.6 Å². The summed E-state index contributed by atoms with van der Waals surface area (Å²) in [6, 6.07) is 0. The van der Waals surface area contributed by atoms with Crippen molar-refractivity contribution in [1.29, 1.82) is 0 Å². The molecule has 2 heterocycles. The summed E-state index contributed by atoms with van der Waals surface area (Å²) in [6.45, 7) is 13.7. The lowest BCUT2D eigenvalue weighted by molar-refractivity contribution is 0.0982. The highest BCUT2D eigenvalue weighted by Gasteiger charge is 2.27. The number of aliphatic imine (C=N–C) groups is 1. The first kappa shape index (κ1) is 19.2. The summed E-state index contributed by atoms with van der Waals surface area (Å²) < 4.78 is 0. The third kappa shape index (κ3) is 5.74. The third-order valence-electron chi connectivity index (χ3n) is 4.55. The Kier molecular flexibility index (Phi) is 7.49. The number of rotatable bonds is 7. The molecule has 0 unspecified atom stereocenters. The molecule has 0 spiro atoms. The van der Waals surface area contributed by atoms with Gasteiger partial charge in [0.05, 0.1) is 17.2 Å². The van der Waals surface area contributed by atoms with Gasteiger partial charge >= 0.3 is 0 Å².